The van der Waals surface area contributed by atoms with Crippen LogP contribution in [0, 0.1) is 0 Å². The van der Waals surface area contributed by atoms with E-state index in [1.54, 1.807) is 12.4 Å². The Hall–Kier alpha value is -2.65. The molecule has 162 valence electrons. The van der Waals surface area contributed by atoms with E-state index in [0.29, 0.717) is 6.61 Å². The summed E-state index contributed by atoms with van der Waals surface area (Å²) in [5.74, 6) is 0. The highest BCUT2D eigenvalue weighted by Gasteiger charge is 2.31. The quantitative estimate of drug-likeness (QED) is 0.649. The molecule has 1 aliphatic carbocycles. The molecule has 1 heterocycles. The second-order valence-electron chi connectivity index (χ2n) is 7.31. The van der Waals surface area contributed by atoms with Crippen molar-refractivity contribution in [3.63, 3.8) is 0 Å². The zero-order chi connectivity index (χ0) is 21.6. The molecule has 3 N–H and O–H groups in total. The van der Waals surface area contributed by atoms with Crippen LogP contribution in [0.1, 0.15) is 42.4 Å². The lowest BCUT2D eigenvalue weighted by atomic mass is 9.93. The second-order valence-corrected chi connectivity index (χ2v) is 7.31. The van der Waals surface area contributed by atoms with Crippen molar-refractivity contribution in [3.8, 4) is 0 Å². The van der Waals surface area contributed by atoms with E-state index in [9.17, 15) is 23.1 Å². The van der Waals surface area contributed by atoms with Crippen LogP contribution in [0.5, 0.6) is 0 Å². The molecule has 3 rings (SSSR count). The van der Waals surface area contributed by atoms with Gasteiger partial charge in [0.1, 0.15) is 0 Å². The summed E-state index contributed by atoms with van der Waals surface area (Å²) in [6.07, 6.45) is 1.99. The SMILES string of the molecule is O=C(Nc1cc(CO)cc(C(F)(F)F)c1)N[C@H]1CC[C@H](OCc2ccncc2)CC1. The number of rotatable bonds is 6. The van der Waals surface area contributed by atoms with E-state index >= 15 is 0 Å². The molecule has 2 amide bonds. The van der Waals surface area contributed by atoms with E-state index in [4.69, 9.17) is 4.74 Å². The number of halogens is 3. The Morgan fingerprint density at radius 3 is 2.43 bits per heavy atom. The van der Waals surface area contributed by atoms with Crippen molar-refractivity contribution < 1.29 is 27.8 Å². The number of nitrogens with one attached hydrogen (secondary N) is 2. The van der Waals surface area contributed by atoms with Crippen molar-refractivity contribution in [1.82, 2.24) is 10.3 Å². The number of carbonyl (C=O) groups is 1. The van der Waals surface area contributed by atoms with E-state index < -0.39 is 24.4 Å². The maximum Gasteiger partial charge on any atom is 0.416 e. The molecule has 1 aliphatic rings. The number of alkyl halides is 3. The highest BCUT2D eigenvalue weighted by atomic mass is 19.4. The molecule has 6 nitrogen and oxygen atoms in total. The van der Waals surface area contributed by atoms with Gasteiger partial charge in [0.05, 0.1) is 24.9 Å². The van der Waals surface area contributed by atoms with Crippen LogP contribution in [-0.2, 0) is 24.1 Å². The molecular weight excluding hydrogens is 399 g/mol. The minimum absolute atomic E-state index is 0.0132. The van der Waals surface area contributed by atoms with Crippen LogP contribution >= 0.6 is 0 Å². The number of ether oxygens (including phenoxy) is 1. The first-order valence-electron chi connectivity index (χ1n) is 9.73. The molecule has 0 radical (unpaired) electrons. The van der Waals surface area contributed by atoms with Crippen molar-refractivity contribution in [2.24, 2.45) is 0 Å². The molecule has 1 fully saturated rings. The molecule has 1 saturated carbocycles. The van der Waals surface area contributed by atoms with Crippen LogP contribution < -0.4 is 10.6 Å². The van der Waals surface area contributed by atoms with Crippen molar-refractivity contribution in [3.05, 3.63) is 59.4 Å². The molecular formula is C21H24F3N3O3. The van der Waals surface area contributed by atoms with Crippen molar-refractivity contribution in [1.29, 1.82) is 0 Å². The predicted octanol–water partition coefficient (Wildman–Crippen LogP) is 4.24. The van der Waals surface area contributed by atoms with Gasteiger partial charge in [-0.3, -0.25) is 4.98 Å². The van der Waals surface area contributed by atoms with Crippen LogP contribution in [-0.4, -0.2) is 28.3 Å². The average Bonchev–Trinajstić information content (AvgIpc) is 2.73. The summed E-state index contributed by atoms with van der Waals surface area (Å²) in [4.78, 5) is 16.2. The zero-order valence-electron chi connectivity index (χ0n) is 16.3. The van der Waals surface area contributed by atoms with Crippen LogP contribution in [0.3, 0.4) is 0 Å². The van der Waals surface area contributed by atoms with E-state index in [1.165, 1.54) is 6.07 Å². The highest BCUT2D eigenvalue weighted by Crippen LogP contribution is 2.32. The Morgan fingerprint density at radius 1 is 1.10 bits per heavy atom. The topological polar surface area (TPSA) is 83.5 Å². The second kappa shape index (κ2) is 9.90. The smallest absolute Gasteiger partial charge is 0.392 e. The standard InChI is InChI=1S/C21H24F3N3O3/c22-21(23,24)16-9-15(12-28)10-18(11-16)27-20(29)26-17-1-3-19(4-2-17)30-13-14-5-7-25-8-6-14/h5-11,17,19,28H,1-4,12-13H2,(H2,26,27,29)/t17-,19-. The molecule has 1 aromatic carbocycles. The Kier molecular flexibility index (Phi) is 7.28. The minimum Gasteiger partial charge on any atom is -0.392 e. The largest absolute Gasteiger partial charge is 0.416 e. The van der Waals surface area contributed by atoms with Gasteiger partial charge in [-0.2, -0.15) is 13.2 Å². The molecule has 0 bridgehead atoms. The molecule has 1 aromatic heterocycles. The van der Waals surface area contributed by atoms with Gasteiger partial charge in [0, 0.05) is 24.1 Å². The van der Waals surface area contributed by atoms with Crippen molar-refractivity contribution in [2.75, 3.05) is 5.32 Å². The monoisotopic (exact) mass is 423 g/mol. The first kappa shape index (κ1) is 22.0. The fraction of sp³-hybridized carbons (Fsp3) is 0.429. The molecule has 0 spiro atoms. The maximum atomic E-state index is 13.0. The fourth-order valence-electron chi connectivity index (χ4n) is 3.44. The molecule has 2 aromatic rings. The summed E-state index contributed by atoms with van der Waals surface area (Å²) in [6, 6.07) is 6.17. The third kappa shape index (κ3) is 6.43. The number of aliphatic hydroxyl groups is 1. The molecule has 9 heteroatoms. The average molecular weight is 423 g/mol. The van der Waals surface area contributed by atoms with Gasteiger partial charge in [-0.15, -0.1) is 0 Å². The van der Waals surface area contributed by atoms with Gasteiger partial charge in [0.2, 0.25) is 0 Å². The Morgan fingerprint density at radius 2 is 1.80 bits per heavy atom. The Bertz CT molecular complexity index is 838. The fourth-order valence-corrected chi connectivity index (χ4v) is 3.44. The zero-order valence-corrected chi connectivity index (χ0v) is 16.3. The van der Waals surface area contributed by atoms with E-state index in [1.807, 2.05) is 12.1 Å². The van der Waals surface area contributed by atoms with E-state index in [0.717, 1.165) is 43.4 Å². The van der Waals surface area contributed by atoms with Crippen LogP contribution in [0.2, 0.25) is 0 Å². The summed E-state index contributed by atoms with van der Waals surface area (Å²) in [5, 5.41) is 14.4. The van der Waals surface area contributed by atoms with E-state index in [-0.39, 0.29) is 23.4 Å². The number of anilines is 1. The van der Waals surface area contributed by atoms with Crippen LogP contribution in [0.4, 0.5) is 23.7 Å². The van der Waals surface area contributed by atoms with Gasteiger partial charge in [-0.05, 0) is 67.1 Å². The molecule has 0 atom stereocenters. The number of amides is 2. The summed E-state index contributed by atoms with van der Waals surface area (Å²) in [6.45, 7) is -0.0434. The predicted molar refractivity (Wildman–Crippen MR) is 105 cm³/mol. The summed E-state index contributed by atoms with van der Waals surface area (Å²) in [7, 11) is 0. The van der Waals surface area contributed by atoms with Crippen molar-refractivity contribution >= 4 is 11.7 Å². The Labute approximate surface area is 172 Å². The number of hydrogen-bond acceptors (Lipinski definition) is 4. The lowest BCUT2D eigenvalue weighted by Crippen LogP contribution is -2.41. The van der Waals surface area contributed by atoms with Gasteiger partial charge >= 0.3 is 12.2 Å². The number of benzene rings is 1. The van der Waals surface area contributed by atoms with Gasteiger partial charge in [0.25, 0.3) is 0 Å². The Balaban J connectivity index is 1.47. The number of pyridine rings is 1. The van der Waals surface area contributed by atoms with Crippen LogP contribution in [0.25, 0.3) is 0 Å². The number of nitrogens with zero attached hydrogens (tertiary/aromatic N) is 1. The lowest BCUT2D eigenvalue weighted by Gasteiger charge is -2.29. The number of hydrogen-bond donors (Lipinski definition) is 3. The summed E-state index contributed by atoms with van der Waals surface area (Å²) < 4.78 is 44.8. The highest BCUT2D eigenvalue weighted by molar-refractivity contribution is 5.89. The van der Waals surface area contributed by atoms with Crippen LogP contribution in [0.15, 0.2) is 42.7 Å². The van der Waals surface area contributed by atoms with Gasteiger partial charge < -0.3 is 20.5 Å². The summed E-state index contributed by atoms with van der Waals surface area (Å²) in [5.41, 5.74) is 0.192. The van der Waals surface area contributed by atoms with E-state index in [2.05, 4.69) is 15.6 Å². The number of aliphatic hydroxyl groups excluding tert-OH is 1. The number of urea groups is 1. The number of aromatic nitrogens is 1. The summed E-state index contributed by atoms with van der Waals surface area (Å²) >= 11 is 0. The van der Waals surface area contributed by atoms with Gasteiger partial charge in [-0.1, -0.05) is 0 Å². The maximum absolute atomic E-state index is 13.0. The molecule has 0 unspecified atom stereocenters. The van der Waals surface area contributed by atoms with Crippen molar-refractivity contribution in [2.45, 2.75) is 57.2 Å². The first-order valence-corrected chi connectivity index (χ1v) is 9.73. The molecule has 30 heavy (non-hydrogen) atoms. The van der Waals surface area contributed by atoms with Gasteiger partial charge in [0.15, 0.2) is 0 Å². The third-order valence-electron chi connectivity index (χ3n) is 5.01. The molecule has 0 aliphatic heterocycles. The number of carbonyl (C=O) groups excluding carboxylic acids is 1. The van der Waals surface area contributed by atoms with Gasteiger partial charge in [-0.25, -0.2) is 4.79 Å². The molecule has 0 saturated heterocycles. The minimum atomic E-state index is -4.56. The normalized spacial score (nSPS) is 19.3. The lowest BCUT2D eigenvalue weighted by molar-refractivity contribution is -0.137. The third-order valence-corrected chi connectivity index (χ3v) is 5.01. The first-order chi connectivity index (χ1) is 14.3.